The van der Waals surface area contributed by atoms with Crippen molar-refractivity contribution < 1.29 is 0 Å². The maximum Gasteiger partial charge on any atom is -0.0132 e. The summed E-state index contributed by atoms with van der Waals surface area (Å²) in [6, 6.07) is 8.94. The van der Waals surface area contributed by atoms with Crippen molar-refractivity contribution in [2.45, 2.75) is 126 Å². The van der Waals surface area contributed by atoms with E-state index in [2.05, 4.69) is 65.8 Å². The van der Waals surface area contributed by atoms with Crippen LogP contribution in [0.15, 0.2) is 24.3 Å². The van der Waals surface area contributed by atoms with Gasteiger partial charge in [-0.15, -0.1) is 0 Å². The van der Waals surface area contributed by atoms with Crippen molar-refractivity contribution in [3.05, 3.63) is 35.4 Å². The van der Waals surface area contributed by atoms with E-state index in [9.17, 15) is 0 Å². The first kappa shape index (κ1) is 28.2. The molecule has 0 nitrogen and oxygen atoms in total. The van der Waals surface area contributed by atoms with Crippen molar-refractivity contribution in [2.75, 3.05) is 0 Å². The third-order valence-electron chi connectivity index (χ3n) is 6.94. The van der Waals surface area contributed by atoms with E-state index in [0.717, 1.165) is 0 Å². The van der Waals surface area contributed by atoms with Gasteiger partial charge in [0.1, 0.15) is 0 Å². The maximum atomic E-state index is 2.33. The Morgan fingerprint density at radius 2 is 1.03 bits per heavy atom. The SMILES string of the molecule is C.C1CC2C3CCC(C3)C2C1.CC.CC.CC(C)(C)c1cccc(C(C)(C)C)c1. The molecule has 0 radical (unpaired) electrons. The lowest BCUT2D eigenvalue weighted by Gasteiger charge is -2.24. The Balaban J connectivity index is 0.000000459. The van der Waals surface area contributed by atoms with E-state index in [1.807, 2.05) is 27.7 Å². The van der Waals surface area contributed by atoms with Gasteiger partial charge in [-0.05, 0) is 77.7 Å². The summed E-state index contributed by atoms with van der Waals surface area (Å²) in [6.07, 6.45) is 9.53. The fraction of sp³-hybridized carbons (Fsp3) is 0.793. The first-order valence-electron chi connectivity index (χ1n) is 12.3. The topological polar surface area (TPSA) is 0 Å². The van der Waals surface area contributed by atoms with Gasteiger partial charge in [-0.25, -0.2) is 0 Å². The van der Waals surface area contributed by atoms with E-state index >= 15 is 0 Å². The summed E-state index contributed by atoms with van der Waals surface area (Å²) < 4.78 is 0. The van der Waals surface area contributed by atoms with Crippen molar-refractivity contribution in [1.82, 2.24) is 0 Å². The van der Waals surface area contributed by atoms with E-state index < -0.39 is 0 Å². The maximum absolute atomic E-state index is 2.33. The molecule has 0 amide bonds. The van der Waals surface area contributed by atoms with Crippen molar-refractivity contribution in [3.8, 4) is 0 Å². The molecule has 29 heavy (non-hydrogen) atoms. The zero-order chi connectivity index (χ0) is 21.5. The molecule has 3 aliphatic carbocycles. The van der Waals surface area contributed by atoms with Crippen LogP contribution in [0.2, 0.25) is 0 Å². The average molecular weight is 403 g/mol. The zero-order valence-electron chi connectivity index (χ0n) is 20.9. The molecule has 0 aromatic heterocycles. The molecule has 0 aliphatic heterocycles. The molecule has 0 heterocycles. The second-order valence-electron chi connectivity index (χ2n) is 10.7. The van der Waals surface area contributed by atoms with Crippen LogP contribution in [0.3, 0.4) is 0 Å². The highest BCUT2D eigenvalue weighted by Crippen LogP contribution is 2.58. The summed E-state index contributed by atoms with van der Waals surface area (Å²) in [5, 5.41) is 0. The zero-order valence-corrected chi connectivity index (χ0v) is 20.9. The predicted molar refractivity (Wildman–Crippen MR) is 135 cm³/mol. The minimum absolute atomic E-state index is 0. The van der Waals surface area contributed by atoms with Crippen molar-refractivity contribution in [2.24, 2.45) is 23.7 Å². The minimum atomic E-state index is 0. The highest BCUT2D eigenvalue weighted by Gasteiger charge is 2.48. The summed E-state index contributed by atoms with van der Waals surface area (Å²) >= 11 is 0. The predicted octanol–water partition coefficient (Wildman–Crippen LogP) is 9.80. The van der Waals surface area contributed by atoms with Gasteiger partial charge in [0, 0.05) is 0 Å². The fourth-order valence-electron chi connectivity index (χ4n) is 5.47. The number of benzene rings is 1. The van der Waals surface area contributed by atoms with Gasteiger partial charge in [-0.3, -0.25) is 0 Å². The lowest BCUT2D eigenvalue weighted by molar-refractivity contribution is 0.259. The minimum Gasteiger partial charge on any atom is -0.0776 e. The normalized spacial score (nSPS) is 26.6. The summed E-state index contributed by atoms with van der Waals surface area (Å²) in [4.78, 5) is 0. The van der Waals surface area contributed by atoms with Gasteiger partial charge in [0.05, 0.1) is 0 Å². The molecule has 170 valence electrons. The third-order valence-corrected chi connectivity index (χ3v) is 6.94. The standard InChI is InChI=1S/C14H22.C10H16.2C2H6.CH4/c1-13(2,3)11-8-7-9-12(10-11)14(4,5)6;1-2-9-7-4-5-8(6-7)10(9)3-1;2*1-2;/h7-10H,1-6H3;7-10H,1-6H2;2*1-2H3;1H4. The molecular formula is C29H54. The Hall–Kier alpha value is -0.780. The second-order valence-corrected chi connectivity index (χ2v) is 10.7. The van der Waals surface area contributed by atoms with E-state index in [1.165, 1.54) is 34.8 Å². The fourth-order valence-corrected chi connectivity index (χ4v) is 5.47. The second kappa shape index (κ2) is 12.2. The van der Waals surface area contributed by atoms with Crippen LogP contribution in [0.5, 0.6) is 0 Å². The van der Waals surface area contributed by atoms with Crippen molar-refractivity contribution in [3.63, 3.8) is 0 Å². The number of fused-ring (bicyclic) bond motifs is 5. The van der Waals surface area contributed by atoms with Gasteiger partial charge in [0.15, 0.2) is 0 Å². The third kappa shape index (κ3) is 7.45. The molecule has 0 N–H and O–H groups in total. The number of hydrogen-bond donors (Lipinski definition) is 0. The summed E-state index contributed by atoms with van der Waals surface area (Å²) in [6.45, 7) is 21.6. The van der Waals surface area contributed by atoms with E-state index in [0.29, 0.717) is 0 Å². The highest BCUT2D eigenvalue weighted by atomic mass is 14.5. The average Bonchev–Trinajstić information content (AvgIpc) is 3.39. The van der Waals surface area contributed by atoms with Crippen LogP contribution < -0.4 is 0 Å². The molecule has 1 aromatic carbocycles. The molecule has 3 aliphatic rings. The van der Waals surface area contributed by atoms with Crippen LogP contribution >= 0.6 is 0 Å². The molecule has 1 aromatic rings. The van der Waals surface area contributed by atoms with Crippen LogP contribution in [0, 0.1) is 23.7 Å². The van der Waals surface area contributed by atoms with Crippen LogP contribution in [0.4, 0.5) is 0 Å². The molecule has 4 unspecified atom stereocenters. The van der Waals surface area contributed by atoms with Crippen LogP contribution in [-0.2, 0) is 10.8 Å². The van der Waals surface area contributed by atoms with Gasteiger partial charge in [-0.2, -0.15) is 0 Å². The van der Waals surface area contributed by atoms with Gasteiger partial charge in [-0.1, -0.05) is 107 Å². The molecule has 0 spiro atoms. The van der Waals surface area contributed by atoms with E-state index in [-0.39, 0.29) is 18.3 Å². The van der Waals surface area contributed by atoms with Gasteiger partial charge < -0.3 is 0 Å². The molecule has 4 rings (SSSR count). The van der Waals surface area contributed by atoms with Crippen LogP contribution in [0.25, 0.3) is 0 Å². The van der Waals surface area contributed by atoms with Gasteiger partial charge >= 0.3 is 0 Å². The first-order chi connectivity index (χ1) is 13.2. The smallest absolute Gasteiger partial charge is 0.0132 e. The molecule has 3 fully saturated rings. The Morgan fingerprint density at radius 1 is 0.655 bits per heavy atom. The Morgan fingerprint density at radius 3 is 1.38 bits per heavy atom. The molecular weight excluding hydrogens is 348 g/mol. The van der Waals surface area contributed by atoms with E-state index in [1.54, 1.807) is 38.5 Å². The van der Waals surface area contributed by atoms with Crippen LogP contribution in [0.1, 0.15) is 126 Å². The monoisotopic (exact) mass is 402 g/mol. The number of hydrogen-bond acceptors (Lipinski definition) is 0. The molecule has 3 saturated carbocycles. The van der Waals surface area contributed by atoms with Gasteiger partial charge in [0.2, 0.25) is 0 Å². The summed E-state index contributed by atoms with van der Waals surface area (Å²) in [7, 11) is 0. The van der Waals surface area contributed by atoms with Crippen LogP contribution in [-0.4, -0.2) is 0 Å². The molecule has 0 saturated heterocycles. The van der Waals surface area contributed by atoms with E-state index in [4.69, 9.17) is 0 Å². The highest BCUT2D eigenvalue weighted by molar-refractivity contribution is 5.32. The lowest BCUT2D eigenvalue weighted by Crippen LogP contribution is -2.15. The van der Waals surface area contributed by atoms with Crippen molar-refractivity contribution >= 4 is 0 Å². The largest absolute Gasteiger partial charge is 0.0776 e. The Labute approximate surface area is 185 Å². The summed E-state index contributed by atoms with van der Waals surface area (Å²) in [5.41, 5.74) is 3.34. The van der Waals surface area contributed by atoms with Gasteiger partial charge in [0.25, 0.3) is 0 Å². The first-order valence-corrected chi connectivity index (χ1v) is 12.3. The summed E-state index contributed by atoms with van der Waals surface area (Å²) in [5.74, 6) is 4.80. The molecule has 4 atom stereocenters. The number of rotatable bonds is 0. The lowest BCUT2D eigenvalue weighted by atomic mass is 9.81. The Kier molecular flexibility index (Phi) is 11.8. The quantitative estimate of drug-likeness (QED) is 0.405. The Bertz CT molecular complexity index is 509. The molecule has 0 heteroatoms. The van der Waals surface area contributed by atoms with Crippen molar-refractivity contribution in [1.29, 1.82) is 0 Å². The molecule has 2 bridgehead atoms.